The van der Waals surface area contributed by atoms with Crippen molar-refractivity contribution in [3.63, 3.8) is 0 Å². The zero-order valence-electron chi connectivity index (χ0n) is 12.6. The van der Waals surface area contributed by atoms with E-state index in [1.807, 2.05) is 54.3 Å². The second kappa shape index (κ2) is 6.11. The topological polar surface area (TPSA) is 46.3 Å². The van der Waals surface area contributed by atoms with Crippen LogP contribution in [0, 0.1) is 6.92 Å². The predicted molar refractivity (Wildman–Crippen MR) is 88.7 cm³/mol. The van der Waals surface area contributed by atoms with E-state index in [0.717, 1.165) is 33.7 Å². The third kappa shape index (κ3) is 2.87. The molecule has 22 heavy (non-hydrogen) atoms. The number of rotatable bonds is 2. The van der Waals surface area contributed by atoms with Crippen LogP contribution in [0.15, 0.2) is 42.5 Å². The zero-order chi connectivity index (χ0) is 15.7. The Hall–Kier alpha value is -1.84. The Morgan fingerprint density at radius 1 is 1.23 bits per heavy atom. The Kier molecular flexibility index (Phi) is 4.19. The third-order valence-corrected chi connectivity index (χ3v) is 4.58. The molecule has 4 heteroatoms. The molecule has 2 aromatic carbocycles. The molecule has 0 aromatic heterocycles. The number of amides is 1. The highest BCUT2D eigenvalue weighted by molar-refractivity contribution is 6.31. The zero-order valence-corrected chi connectivity index (χ0v) is 13.3. The molecule has 1 amide bonds. The van der Waals surface area contributed by atoms with Gasteiger partial charge in [0.05, 0.1) is 0 Å². The molecule has 1 aliphatic rings. The van der Waals surface area contributed by atoms with Crippen LogP contribution in [0.25, 0.3) is 0 Å². The molecule has 3 nitrogen and oxygen atoms in total. The fourth-order valence-corrected chi connectivity index (χ4v) is 3.15. The summed E-state index contributed by atoms with van der Waals surface area (Å²) in [5.74, 6) is -0.0329. The van der Waals surface area contributed by atoms with Crippen LogP contribution in [0.2, 0.25) is 5.02 Å². The summed E-state index contributed by atoms with van der Waals surface area (Å²) in [5.41, 5.74) is 10.4. The van der Waals surface area contributed by atoms with Gasteiger partial charge < -0.3 is 10.6 Å². The van der Waals surface area contributed by atoms with Crippen LogP contribution >= 0.6 is 11.6 Å². The summed E-state index contributed by atoms with van der Waals surface area (Å²) in [6.45, 7) is 3.26. The van der Waals surface area contributed by atoms with Gasteiger partial charge in [0.2, 0.25) is 5.91 Å². The number of carbonyl (C=O) groups is 1. The van der Waals surface area contributed by atoms with Crippen LogP contribution < -0.4 is 5.73 Å². The number of nitrogens with two attached hydrogens (primary N) is 1. The van der Waals surface area contributed by atoms with Gasteiger partial charge in [0.25, 0.3) is 0 Å². The molecule has 114 valence electrons. The standard InChI is InChI=1S/C18H19ClN2O/c1-12-5-7-13(8-6-12)17(20)18(22)21-10-9-15-14(11-21)3-2-4-16(15)19/h2-8,17H,9-11,20H2,1H3. The van der Waals surface area contributed by atoms with E-state index in [9.17, 15) is 4.79 Å². The molecule has 0 saturated heterocycles. The summed E-state index contributed by atoms with van der Waals surface area (Å²) in [4.78, 5) is 14.5. The average Bonchev–Trinajstić information content (AvgIpc) is 2.54. The number of aryl methyl sites for hydroxylation is 1. The van der Waals surface area contributed by atoms with Gasteiger partial charge in [-0.1, -0.05) is 53.6 Å². The highest BCUT2D eigenvalue weighted by Crippen LogP contribution is 2.27. The largest absolute Gasteiger partial charge is 0.336 e. The lowest BCUT2D eigenvalue weighted by atomic mass is 9.98. The van der Waals surface area contributed by atoms with Crippen LogP contribution in [-0.2, 0) is 17.8 Å². The smallest absolute Gasteiger partial charge is 0.244 e. The fourth-order valence-electron chi connectivity index (χ4n) is 2.86. The van der Waals surface area contributed by atoms with Gasteiger partial charge in [0, 0.05) is 18.1 Å². The number of carbonyl (C=O) groups excluding carboxylic acids is 1. The number of fused-ring (bicyclic) bond motifs is 1. The highest BCUT2D eigenvalue weighted by Gasteiger charge is 2.26. The fraction of sp³-hybridized carbons (Fsp3) is 0.278. The first-order valence-corrected chi connectivity index (χ1v) is 7.81. The van der Waals surface area contributed by atoms with Gasteiger partial charge in [-0.25, -0.2) is 0 Å². The van der Waals surface area contributed by atoms with E-state index in [0.29, 0.717) is 13.1 Å². The molecule has 1 aliphatic heterocycles. The van der Waals surface area contributed by atoms with Crippen molar-refractivity contribution in [2.45, 2.75) is 25.9 Å². The molecule has 0 aliphatic carbocycles. The molecule has 0 saturated carbocycles. The average molecular weight is 315 g/mol. The minimum atomic E-state index is -0.610. The van der Waals surface area contributed by atoms with Gasteiger partial charge in [-0.3, -0.25) is 4.79 Å². The Labute approximate surface area is 135 Å². The van der Waals surface area contributed by atoms with Crippen molar-refractivity contribution in [2.24, 2.45) is 5.73 Å². The lowest BCUT2D eigenvalue weighted by Gasteiger charge is -2.31. The first-order valence-electron chi connectivity index (χ1n) is 7.43. The van der Waals surface area contributed by atoms with Gasteiger partial charge in [-0.2, -0.15) is 0 Å². The van der Waals surface area contributed by atoms with Crippen molar-refractivity contribution in [3.05, 3.63) is 69.7 Å². The molecule has 0 radical (unpaired) electrons. The van der Waals surface area contributed by atoms with E-state index in [1.165, 1.54) is 0 Å². The Morgan fingerprint density at radius 2 is 1.95 bits per heavy atom. The predicted octanol–water partition coefficient (Wildman–Crippen LogP) is 3.23. The monoisotopic (exact) mass is 314 g/mol. The molecular formula is C18H19ClN2O. The lowest BCUT2D eigenvalue weighted by Crippen LogP contribution is -2.41. The van der Waals surface area contributed by atoms with E-state index in [4.69, 9.17) is 17.3 Å². The van der Waals surface area contributed by atoms with Crippen LogP contribution in [-0.4, -0.2) is 17.4 Å². The van der Waals surface area contributed by atoms with Crippen molar-refractivity contribution >= 4 is 17.5 Å². The molecule has 0 bridgehead atoms. The SMILES string of the molecule is Cc1ccc(C(N)C(=O)N2CCc3c(Cl)cccc3C2)cc1. The van der Waals surface area contributed by atoms with E-state index in [-0.39, 0.29) is 5.91 Å². The first kappa shape index (κ1) is 15.1. The highest BCUT2D eigenvalue weighted by atomic mass is 35.5. The number of hydrogen-bond donors (Lipinski definition) is 1. The normalized spacial score (nSPS) is 15.3. The van der Waals surface area contributed by atoms with Crippen molar-refractivity contribution < 1.29 is 4.79 Å². The molecule has 1 heterocycles. The molecule has 1 atom stereocenters. The second-order valence-corrected chi connectivity index (χ2v) is 6.18. The summed E-state index contributed by atoms with van der Waals surface area (Å²) in [5, 5.41) is 0.785. The maximum atomic E-state index is 12.6. The molecular weight excluding hydrogens is 296 g/mol. The number of halogens is 1. The summed E-state index contributed by atoms with van der Waals surface area (Å²) in [7, 11) is 0. The summed E-state index contributed by atoms with van der Waals surface area (Å²) >= 11 is 6.21. The summed E-state index contributed by atoms with van der Waals surface area (Å²) < 4.78 is 0. The maximum absolute atomic E-state index is 12.6. The van der Waals surface area contributed by atoms with Gasteiger partial charge in [0.1, 0.15) is 6.04 Å². The van der Waals surface area contributed by atoms with Gasteiger partial charge in [0.15, 0.2) is 0 Å². The molecule has 0 spiro atoms. The third-order valence-electron chi connectivity index (χ3n) is 4.22. The van der Waals surface area contributed by atoms with Crippen LogP contribution in [0.4, 0.5) is 0 Å². The van der Waals surface area contributed by atoms with Crippen LogP contribution in [0.3, 0.4) is 0 Å². The Bertz CT molecular complexity index is 697. The van der Waals surface area contributed by atoms with Gasteiger partial charge in [-0.05, 0) is 36.1 Å². The van der Waals surface area contributed by atoms with Crippen molar-refractivity contribution in [1.29, 1.82) is 0 Å². The number of benzene rings is 2. The first-order chi connectivity index (χ1) is 10.6. The summed E-state index contributed by atoms with van der Waals surface area (Å²) in [6, 6.07) is 13.0. The van der Waals surface area contributed by atoms with E-state index < -0.39 is 6.04 Å². The van der Waals surface area contributed by atoms with Crippen molar-refractivity contribution in [1.82, 2.24) is 4.90 Å². The Morgan fingerprint density at radius 3 is 2.68 bits per heavy atom. The quantitative estimate of drug-likeness (QED) is 0.925. The van der Waals surface area contributed by atoms with E-state index >= 15 is 0 Å². The molecule has 0 fully saturated rings. The van der Waals surface area contributed by atoms with E-state index in [2.05, 4.69) is 0 Å². The second-order valence-electron chi connectivity index (χ2n) is 5.78. The minimum Gasteiger partial charge on any atom is -0.336 e. The lowest BCUT2D eigenvalue weighted by molar-refractivity contribution is -0.133. The molecule has 2 aromatic rings. The maximum Gasteiger partial charge on any atom is 0.244 e. The molecule has 2 N–H and O–H groups in total. The summed E-state index contributed by atoms with van der Waals surface area (Å²) in [6.07, 6.45) is 0.779. The van der Waals surface area contributed by atoms with Crippen LogP contribution in [0.5, 0.6) is 0 Å². The van der Waals surface area contributed by atoms with Crippen molar-refractivity contribution in [2.75, 3.05) is 6.54 Å². The van der Waals surface area contributed by atoms with Crippen molar-refractivity contribution in [3.8, 4) is 0 Å². The Balaban J connectivity index is 1.77. The van der Waals surface area contributed by atoms with E-state index in [1.54, 1.807) is 0 Å². The van der Waals surface area contributed by atoms with Gasteiger partial charge in [-0.15, -0.1) is 0 Å². The van der Waals surface area contributed by atoms with Gasteiger partial charge >= 0.3 is 0 Å². The number of hydrogen-bond acceptors (Lipinski definition) is 2. The molecule has 3 rings (SSSR count). The molecule has 1 unspecified atom stereocenters. The minimum absolute atomic E-state index is 0.0329. The number of nitrogens with zero attached hydrogens (tertiary/aromatic N) is 1. The van der Waals surface area contributed by atoms with Crippen LogP contribution in [0.1, 0.15) is 28.3 Å².